The molecule has 2 aromatic carbocycles. The van der Waals surface area contributed by atoms with Gasteiger partial charge in [0.1, 0.15) is 0 Å². The van der Waals surface area contributed by atoms with Crippen LogP contribution >= 0.6 is 11.6 Å². The quantitative estimate of drug-likeness (QED) is 0.701. The highest BCUT2D eigenvalue weighted by molar-refractivity contribution is 6.30. The van der Waals surface area contributed by atoms with Gasteiger partial charge in [0, 0.05) is 35.6 Å². The second-order valence-electron chi connectivity index (χ2n) is 4.92. The van der Waals surface area contributed by atoms with Crippen LogP contribution in [0.5, 0.6) is 0 Å². The van der Waals surface area contributed by atoms with Gasteiger partial charge in [-0.1, -0.05) is 17.7 Å². The van der Waals surface area contributed by atoms with Crippen molar-refractivity contribution in [2.45, 2.75) is 0 Å². The molecule has 0 bridgehead atoms. The summed E-state index contributed by atoms with van der Waals surface area (Å²) in [5.74, 6) is -0.228. The van der Waals surface area contributed by atoms with E-state index in [-0.39, 0.29) is 5.91 Å². The van der Waals surface area contributed by atoms with Gasteiger partial charge < -0.3 is 20.7 Å². The fourth-order valence-electron chi connectivity index (χ4n) is 1.93. The summed E-state index contributed by atoms with van der Waals surface area (Å²) in [6.45, 7) is 0.858. The highest BCUT2D eigenvalue weighted by Crippen LogP contribution is 2.15. The second kappa shape index (κ2) is 8.90. The van der Waals surface area contributed by atoms with Crippen LogP contribution in [0.4, 0.5) is 16.2 Å². The lowest BCUT2D eigenvalue weighted by Crippen LogP contribution is -2.27. The van der Waals surface area contributed by atoms with Gasteiger partial charge in [-0.05, 0) is 42.5 Å². The molecule has 0 atom stereocenters. The SMILES string of the molecule is COCCNC(=O)c1cccc(NC(=O)Nc2ccc(Cl)cc2)c1. The van der Waals surface area contributed by atoms with Gasteiger partial charge in [0.2, 0.25) is 0 Å². The lowest BCUT2D eigenvalue weighted by Gasteiger charge is -2.09. The Bertz CT molecular complexity index is 704. The fraction of sp³-hybridized carbons (Fsp3) is 0.176. The molecule has 126 valence electrons. The monoisotopic (exact) mass is 347 g/mol. The summed E-state index contributed by atoms with van der Waals surface area (Å²) in [4.78, 5) is 24.0. The first kappa shape index (κ1) is 17.8. The minimum absolute atomic E-state index is 0.228. The molecule has 0 spiro atoms. The maximum absolute atomic E-state index is 12.0. The van der Waals surface area contributed by atoms with Crippen LogP contribution in [0.15, 0.2) is 48.5 Å². The van der Waals surface area contributed by atoms with Crippen LogP contribution in [0.1, 0.15) is 10.4 Å². The Kier molecular flexibility index (Phi) is 6.60. The predicted molar refractivity (Wildman–Crippen MR) is 94.7 cm³/mol. The number of nitrogens with one attached hydrogen (secondary N) is 3. The normalized spacial score (nSPS) is 10.1. The van der Waals surface area contributed by atoms with Gasteiger partial charge in [0.15, 0.2) is 0 Å². The van der Waals surface area contributed by atoms with E-state index in [4.69, 9.17) is 16.3 Å². The van der Waals surface area contributed by atoms with Gasteiger partial charge in [-0.2, -0.15) is 0 Å². The number of methoxy groups -OCH3 is 1. The van der Waals surface area contributed by atoms with E-state index in [9.17, 15) is 9.59 Å². The molecule has 2 rings (SSSR count). The van der Waals surface area contributed by atoms with Crippen LogP contribution in [-0.2, 0) is 4.74 Å². The highest BCUT2D eigenvalue weighted by Gasteiger charge is 2.07. The van der Waals surface area contributed by atoms with Crippen molar-refractivity contribution in [1.29, 1.82) is 0 Å². The van der Waals surface area contributed by atoms with Gasteiger partial charge >= 0.3 is 6.03 Å². The Morgan fingerprint density at radius 2 is 1.75 bits per heavy atom. The largest absolute Gasteiger partial charge is 0.383 e. The molecule has 0 aliphatic carbocycles. The lowest BCUT2D eigenvalue weighted by molar-refractivity contribution is 0.0937. The molecular weight excluding hydrogens is 330 g/mol. The Morgan fingerprint density at radius 1 is 1.04 bits per heavy atom. The summed E-state index contributed by atoms with van der Waals surface area (Å²) >= 11 is 5.80. The first-order valence-electron chi connectivity index (χ1n) is 7.29. The molecule has 0 saturated carbocycles. The molecule has 0 unspecified atom stereocenters. The summed E-state index contributed by atoms with van der Waals surface area (Å²) in [6, 6.07) is 13.0. The average Bonchev–Trinajstić information content (AvgIpc) is 2.57. The van der Waals surface area contributed by atoms with E-state index < -0.39 is 6.03 Å². The molecule has 0 aromatic heterocycles. The van der Waals surface area contributed by atoms with E-state index in [0.29, 0.717) is 35.1 Å². The number of urea groups is 1. The Labute approximate surface area is 145 Å². The Balaban J connectivity index is 1.94. The van der Waals surface area contributed by atoms with Crippen molar-refractivity contribution in [3.05, 3.63) is 59.1 Å². The minimum atomic E-state index is -0.408. The number of rotatable bonds is 6. The van der Waals surface area contributed by atoms with E-state index in [1.54, 1.807) is 55.6 Å². The van der Waals surface area contributed by atoms with Crippen LogP contribution in [0.3, 0.4) is 0 Å². The average molecular weight is 348 g/mol. The molecule has 0 aliphatic heterocycles. The van der Waals surface area contributed by atoms with Crippen molar-refractivity contribution in [2.75, 3.05) is 30.9 Å². The molecule has 7 heteroatoms. The maximum Gasteiger partial charge on any atom is 0.323 e. The predicted octanol–water partition coefficient (Wildman–Crippen LogP) is 3.36. The van der Waals surface area contributed by atoms with Crippen molar-refractivity contribution < 1.29 is 14.3 Å². The maximum atomic E-state index is 12.0. The molecular formula is C17H18ClN3O3. The fourth-order valence-corrected chi connectivity index (χ4v) is 2.06. The van der Waals surface area contributed by atoms with Crippen molar-refractivity contribution in [3.63, 3.8) is 0 Å². The molecule has 3 amide bonds. The number of hydrogen-bond donors (Lipinski definition) is 3. The first-order valence-corrected chi connectivity index (χ1v) is 7.67. The molecule has 0 radical (unpaired) electrons. The van der Waals surface area contributed by atoms with Gasteiger partial charge in [0.05, 0.1) is 6.61 Å². The zero-order chi connectivity index (χ0) is 17.4. The van der Waals surface area contributed by atoms with E-state index in [2.05, 4.69) is 16.0 Å². The highest BCUT2D eigenvalue weighted by atomic mass is 35.5. The molecule has 24 heavy (non-hydrogen) atoms. The van der Waals surface area contributed by atoms with Crippen molar-refractivity contribution in [2.24, 2.45) is 0 Å². The van der Waals surface area contributed by atoms with E-state index in [0.717, 1.165) is 0 Å². The van der Waals surface area contributed by atoms with Gasteiger partial charge in [-0.25, -0.2) is 4.79 Å². The third-order valence-corrected chi connectivity index (χ3v) is 3.33. The summed E-state index contributed by atoms with van der Waals surface area (Å²) in [5.41, 5.74) is 1.58. The van der Waals surface area contributed by atoms with Gasteiger partial charge in [0.25, 0.3) is 5.91 Å². The lowest BCUT2D eigenvalue weighted by atomic mass is 10.2. The second-order valence-corrected chi connectivity index (χ2v) is 5.35. The third-order valence-electron chi connectivity index (χ3n) is 3.08. The Morgan fingerprint density at radius 3 is 2.46 bits per heavy atom. The standard InChI is InChI=1S/C17H18ClN3O3/c1-24-10-9-19-16(22)12-3-2-4-15(11-12)21-17(23)20-14-7-5-13(18)6-8-14/h2-8,11H,9-10H2,1H3,(H,19,22)(H2,20,21,23). The Hall–Kier alpha value is -2.57. The summed E-state index contributed by atoms with van der Waals surface area (Å²) in [7, 11) is 1.57. The number of hydrogen-bond acceptors (Lipinski definition) is 3. The molecule has 0 saturated heterocycles. The third kappa shape index (κ3) is 5.57. The van der Waals surface area contributed by atoms with Crippen LogP contribution in [0, 0.1) is 0 Å². The number of carbonyl (C=O) groups excluding carboxylic acids is 2. The van der Waals surface area contributed by atoms with Crippen LogP contribution in [0.2, 0.25) is 5.02 Å². The molecule has 0 fully saturated rings. The molecule has 6 nitrogen and oxygen atoms in total. The molecule has 3 N–H and O–H groups in total. The zero-order valence-corrected chi connectivity index (χ0v) is 13.9. The van der Waals surface area contributed by atoms with Gasteiger partial charge in [-0.3, -0.25) is 4.79 Å². The van der Waals surface area contributed by atoms with Crippen molar-refractivity contribution >= 4 is 34.9 Å². The van der Waals surface area contributed by atoms with E-state index in [1.807, 2.05) is 0 Å². The van der Waals surface area contributed by atoms with Crippen molar-refractivity contribution in [1.82, 2.24) is 5.32 Å². The molecule has 2 aromatic rings. The van der Waals surface area contributed by atoms with E-state index in [1.165, 1.54) is 0 Å². The number of halogens is 1. The number of amides is 3. The summed E-state index contributed by atoms with van der Waals surface area (Å²) < 4.78 is 4.88. The van der Waals surface area contributed by atoms with Crippen LogP contribution < -0.4 is 16.0 Å². The van der Waals surface area contributed by atoms with Gasteiger partial charge in [-0.15, -0.1) is 0 Å². The number of ether oxygens (including phenoxy) is 1. The molecule has 0 aliphatic rings. The van der Waals surface area contributed by atoms with Crippen LogP contribution in [0.25, 0.3) is 0 Å². The topological polar surface area (TPSA) is 79.5 Å². The van der Waals surface area contributed by atoms with Crippen molar-refractivity contribution in [3.8, 4) is 0 Å². The number of benzene rings is 2. The summed E-state index contributed by atoms with van der Waals surface area (Å²) in [5, 5.41) is 8.67. The van der Waals surface area contributed by atoms with E-state index >= 15 is 0 Å². The molecule has 0 heterocycles. The number of carbonyl (C=O) groups is 2. The van der Waals surface area contributed by atoms with Crippen LogP contribution in [-0.4, -0.2) is 32.2 Å². The smallest absolute Gasteiger partial charge is 0.323 e. The first-order chi connectivity index (χ1) is 11.6. The summed E-state index contributed by atoms with van der Waals surface area (Å²) in [6.07, 6.45) is 0. The minimum Gasteiger partial charge on any atom is -0.383 e. The number of anilines is 2. The zero-order valence-electron chi connectivity index (χ0n) is 13.1.